The maximum atomic E-state index is 15.3. The first kappa shape index (κ1) is 22.8. The van der Waals surface area contributed by atoms with Crippen LogP contribution in [0.3, 0.4) is 0 Å². The molecule has 0 unspecified atom stereocenters. The van der Waals surface area contributed by atoms with E-state index in [9.17, 15) is 9.59 Å². The number of hydrogen-bond donors (Lipinski definition) is 2. The summed E-state index contributed by atoms with van der Waals surface area (Å²) in [6, 6.07) is 6.44. The van der Waals surface area contributed by atoms with Gasteiger partial charge in [-0.1, -0.05) is 0 Å². The number of nitrogens with zero attached hydrogens (tertiary/aromatic N) is 4. The van der Waals surface area contributed by atoms with E-state index in [4.69, 9.17) is 4.74 Å². The minimum Gasteiger partial charge on any atom is -0.444 e. The molecule has 2 amide bonds. The van der Waals surface area contributed by atoms with Crippen molar-refractivity contribution in [3.63, 3.8) is 0 Å². The molecule has 3 aromatic heterocycles. The number of fused-ring (bicyclic) bond motifs is 2. The molecule has 9 nitrogen and oxygen atoms in total. The molecule has 5 rings (SSSR count). The lowest BCUT2D eigenvalue weighted by Gasteiger charge is -2.28. The number of rotatable bonds is 3. The van der Waals surface area contributed by atoms with Crippen molar-refractivity contribution in [3.05, 3.63) is 53.7 Å². The van der Waals surface area contributed by atoms with Crippen LogP contribution in [0.5, 0.6) is 0 Å². The maximum absolute atomic E-state index is 15.3. The van der Waals surface area contributed by atoms with Gasteiger partial charge in [0.1, 0.15) is 11.4 Å². The molecule has 2 N–H and O–H groups in total. The van der Waals surface area contributed by atoms with Crippen LogP contribution in [0.2, 0.25) is 0 Å². The Balaban J connectivity index is 1.39. The average Bonchev–Trinajstić information content (AvgIpc) is 3.50. The number of anilines is 1. The number of pyridine rings is 1. The van der Waals surface area contributed by atoms with Crippen molar-refractivity contribution in [3.8, 4) is 0 Å². The number of aryl methyl sites for hydroxylation is 1. The van der Waals surface area contributed by atoms with Gasteiger partial charge >= 0.3 is 6.09 Å². The molecule has 0 aliphatic carbocycles. The van der Waals surface area contributed by atoms with Crippen molar-refractivity contribution in [2.45, 2.75) is 45.3 Å². The predicted molar refractivity (Wildman–Crippen MR) is 130 cm³/mol. The molecule has 0 saturated carbocycles. The standard InChI is InChI=1S/C25H27FN6O3/c1-25(2,3)35-24(34)32-9-5-6-19(32)22-21(26)16-13-27-20(11-17(16)29-22)30-23(33)14-7-8-18-15(10-14)12-28-31(18)4/h7-8,10-13,19,29H,5-6,9H2,1-4H3,(H,27,30,33)/t19-/m1/s1. The van der Waals surface area contributed by atoms with Crippen LogP contribution in [0.15, 0.2) is 36.7 Å². The largest absolute Gasteiger partial charge is 0.444 e. The molecule has 1 atom stereocenters. The second-order valence-electron chi connectivity index (χ2n) is 9.80. The molecule has 1 aromatic carbocycles. The number of carbonyl (C=O) groups is 2. The van der Waals surface area contributed by atoms with Crippen molar-refractivity contribution >= 4 is 39.6 Å². The second-order valence-corrected chi connectivity index (χ2v) is 9.80. The Labute approximate surface area is 201 Å². The molecule has 0 bridgehead atoms. The highest BCUT2D eigenvalue weighted by molar-refractivity contribution is 6.06. The number of likely N-dealkylation sites (tertiary alicyclic amines) is 1. The third kappa shape index (κ3) is 4.31. The van der Waals surface area contributed by atoms with Crippen LogP contribution < -0.4 is 5.32 Å². The fourth-order valence-corrected chi connectivity index (χ4v) is 4.48. The highest BCUT2D eigenvalue weighted by Gasteiger charge is 2.36. The van der Waals surface area contributed by atoms with Crippen LogP contribution in [0.25, 0.3) is 21.8 Å². The molecule has 1 fully saturated rings. The maximum Gasteiger partial charge on any atom is 0.410 e. The molecule has 4 heterocycles. The average molecular weight is 479 g/mol. The first-order valence-corrected chi connectivity index (χ1v) is 11.5. The van der Waals surface area contributed by atoms with E-state index in [0.717, 1.165) is 17.3 Å². The first-order chi connectivity index (χ1) is 16.6. The predicted octanol–water partition coefficient (Wildman–Crippen LogP) is 4.91. The van der Waals surface area contributed by atoms with Gasteiger partial charge in [-0.2, -0.15) is 5.10 Å². The van der Waals surface area contributed by atoms with Gasteiger partial charge in [-0.15, -0.1) is 0 Å². The molecule has 0 radical (unpaired) electrons. The van der Waals surface area contributed by atoms with E-state index in [1.165, 1.54) is 6.20 Å². The van der Waals surface area contributed by atoms with E-state index < -0.39 is 23.6 Å². The highest BCUT2D eigenvalue weighted by atomic mass is 19.1. The molecule has 1 saturated heterocycles. The summed E-state index contributed by atoms with van der Waals surface area (Å²) in [6.45, 7) is 5.90. The number of H-pyrrole nitrogens is 1. The van der Waals surface area contributed by atoms with Crippen LogP contribution in [-0.4, -0.2) is 48.8 Å². The SMILES string of the molecule is Cn1ncc2cc(C(=O)Nc3cc4[nH]c([C@H]5CCCN5C(=O)OC(C)(C)C)c(F)c4cn3)ccc21. The summed E-state index contributed by atoms with van der Waals surface area (Å²) >= 11 is 0. The summed E-state index contributed by atoms with van der Waals surface area (Å²) in [6.07, 6.45) is 3.99. The lowest BCUT2D eigenvalue weighted by atomic mass is 10.1. The molecule has 182 valence electrons. The Morgan fingerprint density at radius 2 is 2.03 bits per heavy atom. The number of carbonyl (C=O) groups excluding carboxylic acids is 2. The summed E-state index contributed by atoms with van der Waals surface area (Å²) in [5, 5.41) is 8.11. The van der Waals surface area contributed by atoms with Gasteiger partial charge in [0.15, 0.2) is 5.82 Å². The van der Waals surface area contributed by atoms with Gasteiger partial charge in [-0.25, -0.2) is 14.2 Å². The van der Waals surface area contributed by atoms with Gasteiger partial charge in [0, 0.05) is 36.8 Å². The van der Waals surface area contributed by atoms with Gasteiger partial charge in [0.2, 0.25) is 0 Å². The van der Waals surface area contributed by atoms with Crippen molar-refractivity contribution in [1.29, 1.82) is 0 Å². The van der Waals surface area contributed by atoms with Gasteiger partial charge in [0.05, 0.1) is 34.4 Å². The van der Waals surface area contributed by atoms with Crippen molar-refractivity contribution < 1.29 is 18.7 Å². The number of nitrogens with one attached hydrogen (secondary N) is 2. The van der Waals surface area contributed by atoms with E-state index in [0.29, 0.717) is 35.1 Å². The summed E-state index contributed by atoms with van der Waals surface area (Å²) in [4.78, 5) is 34.4. The van der Waals surface area contributed by atoms with Crippen LogP contribution in [-0.2, 0) is 11.8 Å². The summed E-state index contributed by atoms with van der Waals surface area (Å²) in [5.74, 6) is -0.494. The van der Waals surface area contributed by atoms with Crippen molar-refractivity contribution in [2.24, 2.45) is 7.05 Å². The smallest absolute Gasteiger partial charge is 0.410 e. The number of hydrogen-bond acceptors (Lipinski definition) is 5. The molecule has 10 heteroatoms. The molecule has 1 aliphatic rings. The van der Waals surface area contributed by atoms with E-state index in [1.54, 1.807) is 54.7 Å². The van der Waals surface area contributed by atoms with Gasteiger partial charge < -0.3 is 15.0 Å². The van der Waals surface area contributed by atoms with Crippen LogP contribution in [0.4, 0.5) is 15.0 Å². The fraction of sp³-hybridized carbons (Fsp3) is 0.360. The number of benzene rings is 1. The minimum atomic E-state index is -0.637. The van der Waals surface area contributed by atoms with Crippen LogP contribution in [0, 0.1) is 5.82 Å². The fourth-order valence-electron chi connectivity index (χ4n) is 4.48. The number of ether oxygens (including phenoxy) is 1. The zero-order valence-corrected chi connectivity index (χ0v) is 20.1. The Hall–Kier alpha value is -3.95. The molecule has 1 aliphatic heterocycles. The number of aromatic nitrogens is 4. The van der Waals surface area contributed by atoms with Crippen molar-refractivity contribution in [2.75, 3.05) is 11.9 Å². The van der Waals surface area contributed by atoms with E-state index in [1.807, 2.05) is 13.1 Å². The number of halogens is 1. The molecule has 4 aromatic rings. The zero-order valence-electron chi connectivity index (χ0n) is 20.1. The Morgan fingerprint density at radius 3 is 2.80 bits per heavy atom. The third-order valence-electron chi connectivity index (χ3n) is 6.11. The topological polar surface area (TPSA) is 105 Å². The van der Waals surface area contributed by atoms with Crippen LogP contribution in [0.1, 0.15) is 55.7 Å². The lowest BCUT2D eigenvalue weighted by Crippen LogP contribution is -2.36. The van der Waals surface area contributed by atoms with Gasteiger partial charge in [0.25, 0.3) is 5.91 Å². The van der Waals surface area contributed by atoms with E-state index in [2.05, 4.69) is 20.4 Å². The number of amides is 2. The van der Waals surface area contributed by atoms with Crippen LogP contribution >= 0.6 is 0 Å². The Kier molecular flexibility index (Phi) is 5.46. The lowest BCUT2D eigenvalue weighted by molar-refractivity contribution is 0.0219. The molecular weight excluding hydrogens is 451 g/mol. The normalized spacial score (nSPS) is 16.3. The third-order valence-corrected chi connectivity index (χ3v) is 6.11. The van der Waals surface area contributed by atoms with Gasteiger partial charge in [-0.05, 0) is 51.8 Å². The zero-order chi connectivity index (χ0) is 24.9. The summed E-state index contributed by atoms with van der Waals surface area (Å²) in [5.41, 5.74) is 1.55. The van der Waals surface area contributed by atoms with Crippen molar-refractivity contribution in [1.82, 2.24) is 24.6 Å². The van der Waals surface area contributed by atoms with Gasteiger partial charge in [-0.3, -0.25) is 14.4 Å². The first-order valence-electron chi connectivity index (χ1n) is 11.5. The Bertz CT molecular complexity index is 1450. The Morgan fingerprint density at radius 1 is 1.23 bits per heavy atom. The monoisotopic (exact) mass is 478 g/mol. The molecule has 35 heavy (non-hydrogen) atoms. The second kappa shape index (κ2) is 8.37. The quantitative estimate of drug-likeness (QED) is 0.435. The molecule has 0 spiro atoms. The number of aromatic amines is 1. The van der Waals surface area contributed by atoms with E-state index >= 15 is 4.39 Å². The minimum absolute atomic E-state index is 0.289. The summed E-state index contributed by atoms with van der Waals surface area (Å²) < 4.78 is 22.6. The highest BCUT2D eigenvalue weighted by Crippen LogP contribution is 2.36. The summed E-state index contributed by atoms with van der Waals surface area (Å²) in [7, 11) is 1.84. The molecular formula is C25H27FN6O3. The van der Waals surface area contributed by atoms with E-state index in [-0.39, 0.29) is 11.7 Å².